The molecule has 0 radical (unpaired) electrons. The lowest BCUT2D eigenvalue weighted by Crippen LogP contribution is -2.40. The van der Waals surface area contributed by atoms with Gasteiger partial charge in [0.05, 0.1) is 24.2 Å². The van der Waals surface area contributed by atoms with Gasteiger partial charge in [-0.2, -0.15) is 0 Å². The molecular formula is C36H38F2N6O2. The number of carbonyl (C=O) groups is 1. The van der Waals surface area contributed by atoms with Gasteiger partial charge in [0, 0.05) is 54.8 Å². The Bertz CT molecular complexity index is 2000. The van der Waals surface area contributed by atoms with E-state index in [0.29, 0.717) is 60.7 Å². The molecule has 1 unspecified atom stereocenters. The third kappa shape index (κ3) is 4.44. The van der Waals surface area contributed by atoms with E-state index in [1.165, 1.54) is 0 Å². The Morgan fingerprint density at radius 3 is 2.70 bits per heavy atom. The van der Waals surface area contributed by atoms with Crippen molar-refractivity contribution in [3.63, 3.8) is 0 Å². The number of rotatable bonds is 2. The molecule has 238 valence electrons. The third-order valence-electron chi connectivity index (χ3n) is 10.6. The standard InChI is InChI=1S/C36H38F2N6O2/c1-20-18-43(21(2)31(20)39)35(45)25-15-27-32(29(17-25)46-3)44-19-22-8-6-9-23(14-22)30-26(36(30,37)38)11-4-5-13-42-28(34(44)41-27)16-24-10-7-12-40-33(24)42/h6-10,12,14-17,20-21,26,30-31H,4-5,11,13,18-19,39H2,1-3H3/t20-,21-,26-,30?,31-/m1/s1. The number of carbonyl (C=O) groups excluding carboxylic acids is 1. The average Bonchev–Trinajstić information content (AvgIpc) is 3.33. The monoisotopic (exact) mass is 624 g/mol. The zero-order chi connectivity index (χ0) is 31.9. The fraction of sp³-hybridized carbons (Fsp3) is 0.417. The topological polar surface area (TPSA) is 91.2 Å². The SMILES string of the molecule is COc1cc(C(=O)N2C[C@@H](C)[C@@H](N)[C@H]2C)cc2nc3n(c12)Cc1cccc(c1)C1[C@@H](CCCCn2c-3cc3cccnc32)C1(F)F. The third-order valence-corrected chi connectivity index (χ3v) is 10.6. The van der Waals surface area contributed by atoms with Crippen molar-refractivity contribution in [1.29, 1.82) is 0 Å². The Morgan fingerprint density at radius 2 is 1.91 bits per heavy atom. The lowest BCUT2D eigenvalue weighted by molar-refractivity contribution is 0.0739. The van der Waals surface area contributed by atoms with Gasteiger partial charge in [0.25, 0.3) is 11.8 Å². The first kappa shape index (κ1) is 29.1. The number of ether oxygens (including phenoxy) is 1. The Labute approximate surface area is 266 Å². The summed E-state index contributed by atoms with van der Waals surface area (Å²) >= 11 is 0. The van der Waals surface area contributed by atoms with Crippen LogP contribution in [0.15, 0.2) is 60.8 Å². The minimum atomic E-state index is -2.70. The number of pyridine rings is 1. The molecule has 2 bridgehead atoms. The van der Waals surface area contributed by atoms with E-state index < -0.39 is 17.8 Å². The Kier molecular flexibility index (Phi) is 6.72. The van der Waals surface area contributed by atoms with E-state index in [9.17, 15) is 4.79 Å². The normalized spacial score (nSPS) is 25.5. The first-order chi connectivity index (χ1) is 22.2. The maximum Gasteiger partial charge on any atom is 0.258 e. The summed E-state index contributed by atoms with van der Waals surface area (Å²) in [5.74, 6) is -2.77. The molecular weight excluding hydrogens is 586 g/mol. The smallest absolute Gasteiger partial charge is 0.258 e. The molecule has 1 saturated heterocycles. The molecule has 8 nitrogen and oxygen atoms in total. The van der Waals surface area contributed by atoms with Crippen LogP contribution in [-0.4, -0.2) is 61.6 Å². The van der Waals surface area contributed by atoms with Crippen molar-refractivity contribution in [2.75, 3.05) is 13.7 Å². The molecule has 8 rings (SSSR count). The fourth-order valence-electron chi connectivity index (χ4n) is 7.98. The summed E-state index contributed by atoms with van der Waals surface area (Å²) < 4.78 is 40.4. The average molecular weight is 625 g/mol. The van der Waals surface area contributed by atoms with Gasteiger partial charge in [0.1, 0.15) is 16.9 Å². The van der Waals surface area contributed by atoms with Crippen molar-refractivity contribution in [3.8, 4) is 17.3 Å². The molecule has 1 saturated carbocycles. The van der Waals surface area contributed by atoms with Crippen molar-refractivity contribution < 1.29 is 18.3 Å². The minimum absolute atomic E-state index is 0.0890. The number of hydrogen-bond acceptors (Lipinski definition) is 5. The van der Waals surface area contributed by atoms with Gasteiger partial charge in [-0.1, -0.05) is 37.6 Å². The molecule has 3 aromatic heterocycles. The van der Waals surface area contributed by atoms with E-state index in [2.05, 4.69) is 22.1 Å². The van der Waals surface area contributed by atoms with Gasteiger partial charge in [-0.25, -0.2) is 18.7 Å². The summed E-state index contributed by atoms with van der Waals surface area (Å²) in [5, 5.41) is 0.979. The summed E-state index contributed by atoms with van der Waals surface area (Å²) in [6.45, 7) is 5.66. The number of aryl methyl sites for hydroxylation is 1. The van der Waals surface area contributed by atoms with Gasteiger partial charge in [-0.05, 0) is 67.1 Å². The number of aromatic nitrogens is 4. The highest BCUT2D eigenvalue weighted by molar-refractivity contribution is 6.00. The molecule has 0 spiro atoms. The van der Waals surface area contributed by atoms with E-state index in [1.54, 1.807) is 19.4 Å². The van der Waals surface area contributed by atoms with Crippen LogP contribution in [0.3, 0.4) is 0 Å². The summed E-state index contributed by atoms with van der Waals surface area (Å²) in [6.07, 6.45) is 3.69. The van der Waals surface area contributed by atoms with Crippen molar-refractivity contribution >= 4 is 28.0 Å². The predicted octanol–water partition coefficient (Wildman–Crippen LogP) is 6.45. The summed E-state index contributed by atoms with van der Waals surface area (Å²) in [5.41, 5.74) is 11.5. The number of alkyl halides is 2. The van der Waals surface area contributed by atoms with Crippen LogP contribution in [0.5, 0.6) is 5.75 Å². The predicted molar refractivity (Wildman–Crippen MR) is 173 cm³/mol. The molecule has 1 aliphatic carbocycles. The fourth-order valence-corrected chi connectivity index (χ4v) is 7.98. The second kappa shape index (κ2) is 10.6. The van der Waals surface area contributed by atoms with Crippen molar-refractivity contribution in [3.05, 3.63) is 77.5 Å². The van der Waals surface area contributed by atoms with E-state index in [1.807, 2.05) is 54.3 Å². The van der Waals surface area contributed by atoms with Crippen molar-refractivity contribution in [1.82, 2.24) is 24.0 Å². The van der Waals surface area contributed by atoms with E-state index in [-0.39, 0.29) is 23.9 Å². The minimum Gasteiger partial charge on any atom is -0.494 e. The first-order valence-corrected chi connectivity index (χ1v) is 16.2. The Balaban J connectivity index is 1.33. The van der Waals surface area contributed by atoms with E-state index >= 15 is 8.78 Å². The molecule has 5 atom stereocenters. The number of nitrogens with zero attached hydrogens (tertiary/aromatic N) is 5. The summed E-state index contributed by atoms with van der Waals surface area (Å²) in [4.78, 5) is 25.6. The van der Waals surface area contributed by atoms with Gasteiger partial charge >= 0.3 is 0 Å². The zero-order valence-corrected chi connectivity index (χ0v) is 26.3. The van der Waals surface area contributed by atoms with Crippen LogP contribution in [0.4, 0.5) is 8.78 Å². The maximum atomic E-state index is 15.1. The Hall–Kier alpha value is -4.31. The highest BCUT2D eigenvalue weighted by Crippen LogP contribution is 2.63. The summed E-state index contributed by atoms with van der Waals surface area (Å²) in [6, 6.07) is 17.1. The second-order valence-corrected chi connectivity index (χ2v) is 13.4. The van der Waals surface area contributed by atoms with Gasteiger partial charge in [0.2, 0.25) is 0 Å². The maximum absolute atomic E-state index is 15.1. The van der Waals surface area contributed by atoms with Gasteiger partial charge in [-0.15, -0.1) is 0 Å². The number of benzene rings is 2. The molecule has 46 heavy (non-hydrogen) atoms. The number of imidazole rings is 1. The van der Waals surface area contributed by atoms with Crippen LogP contribution in [0, 0.1) is 11.8 Å². The number of halogens is 2. The molecule has 10 heteroatoms. The van der Waals surface area contributed by atoms with Crippen LogP contribution in [0.25, 0.3) is 33.6 Å². The lowest BCUT2D eigenvalue weighted by atomic mass is 10.0. The number of amides is 1. The molecule has 5 aromatic rings. The van der Waals surface area contributed by atoms with Gasteiger partial charge < -0.3 is 24.5 Å². The lowest BCUT2D eigenvalue weighted by Gasteiger charge is -2.23. The number of hydrogen-bond donors (Lipinski definition) is 1. The van der Waals surface area contributed by atoms with Crippen molar-refractivity contribution in [2.24, 2.45) is 17.6 Å². The molecule has 3 aliphatic rings. The van der Waals surface area contributed by atoms with Crippen LogP contribution < -0.4 is 10.5 Å². The highest BCUT2D eigenvalue weighted by Gasteiger charge is 2.67. The van der Waals surface area contributed by atoms with Gasteiger partial charge in [-0.3, -0.25) is 4.79 Å². The van der Waals surface area contributed by atoms with Crippen LogP contribution >= 0.6 is 0 Å². The largest absolute Gasteiger partial charge is 0.494 e. The number of nitrogens with two attached hydrogens (primary N) is 1. The van der Waals surface area contributed by atoms with Gasteiger partial charge in [0.15, 0.2) is 5.82 Å². The zero-order valence-electron chi connectivity index (χ0n) is 26.3. The van der Waals surface area contributed by atoms with Crippen LogP contribution in [-0.2, 0) is 13.1 Å². The summed E-state index contributed by atoms with van der Waals surface area (Å²) in [7, 11) is 1.60. The molecule has 2 fully saturated rings. The molecule has 5 heterocycles. The first-order valence-electron chi connectivity index (χ1n) is 16.2. The number of likely N-dealkylation sites (tertiary alicyclic amines) is 1. The quantitative estimate of drug-likeness (QED) is 0.244. The van der Waals surface area contributed by atoms with Crippen LogP contribution in [0.1, 0.15) is 60.5 Å². The molecule has 1 amide bonds. The van der Waals surface area contributed by atoms with E-state index in [0.717, 1.165) is 34.2 Å². The van der Waals surface area contributed by atoms with E-state index in [4.69, 9.17) is 20.4 Å². The highest BCUT2D eigenvalue weighted by atomic mass is 19.3. The molecule has 2 aromatic carbocycles. The van der Waals surface area contributed by atoms with Crippen molar-refractivity contribution in [2.45, 2.75) is 70.1 Å². The molecule has 2 aliphatic heterocycles. The Morgan fingerprint density at radius 1 is 1.07 bits per heavy atom. The second-order valence-electron chi connectivity index (χ2n) is 13.4. The van der Waals surface area contributed by atoms with Crippen LogP contribution in [0.2, 0.25) is 0 Å². The molecule has 2 N–H and O–H groups in total. The number of methoxy groups -OCH3 is 1. The number of fused-ring (bicyclic) bond motifs is 11.